The lowest BCUT2D eigenvalue weighted by atomic mass is 10.2. The van der Waals surface area contributed by atoms with Crippen LogP contribution in [0.25, 0.3) is 11.4 Å². The molecule has 2 rings (SSSR count). The van der Waals surface area contributed by atoms with Crippen LogP contribution < -0.4 is 0 Å². The third kappa shape index (κ3) is 3.18. The van der Waals surface area contributed by atoms with Crippen molar-refractivity contribution in [3.05, 3.63) is 46.2 Å². The van der Waals surface area contributed by atoms with Crippen molar-refractivity contribution in [2.75, 3.05) is 0 Å². The molecule has 0 saturated carbocycles. The molecule has 1 heterocycles. The van der Waals surface area contributed by atoms with E-state index in [-0.39, 0.29) is 0 Å². The molecule has 0 saturated heterocycles. The molecule has 0 aliphatic rings. The highest BCUT2D eigenvalue weighted by Crippen LogP contribution is 2.20. The SMILES string of the molecule is CCCc1cc(Cl)nc(-c2ccc(Cl)cc2)n1. The Kier molecular flexibility index (Phi) is 3.97. The van der Waals surface area contributed by atoms with Crippen molar-refractivity contribution in [3.63, 3.8) is 0 Å². The Balaban J connectivity index is 2.40. The monoisotopic (exact) mass is 266 g/mol. The Morgan fingerprint density at radius 1 is 1.06 bits per heavy atom. The van der Waals surface area contributed by atoms with Crippen LogP contribution in [0.15, 0.2) is 30.3 Å². The van der Waals surface area contributed by atoms with Gasteiger partial charge in [0.05, 0.1) is 0 Å². The highest BCUT2D eigenvalue weighted by Gasteiger charge is 2.05. The normalized spacial score (nSPS) is 10.5. The highest BCUT2D eigenvalue weighted by molar-refractivity contribution is 6.30. The second-order valence-electron chi connectivity index (χ2n) is 3.76. The van der Waals surface area contributed by atoms with Crippen molar-refractivity contribution in [1.29, 1.82) is 0 Å². The largest absolute Gasteiger partial charge is 0.233 e. The van der Waals surface area contributed by atoms with Gasteiger partial charge in [-0.25, -0.2) is 9.97 Å². The Hall–Kier alpha value is -1.12. The average Bonchev–Trinajstić information content (AvgIpc) is 2.29. The summed E-state index contributed by atoms with van der Waals surface area (Å²) in [5, 5.41) is 1.18. The van der Waals surface area contributed by atoms with E-state index >= 15 is 0 Å². The van der Waals surface area contributed by atoms with Crippen molar-refractivity contribution in [1.82, 2.24) is 9.97 Å². The first-order valence-electron chi connectivity index (χ1n) is 5.48. The van der Waals surface area contributed by atoms with Crippen LogP contribution in [-0.4, -0.2) is 9.97 Å². The summed E-state index contributed by atoms with van der Waals surface area (Å²) >= 11 is 11.8. The van der Waals surface area contributed by atoms with Crippen molar-refractivity contribution in [2.24, 2.45) is 0 Å². The summed E-state index contributed by atoms with van der Waals surface area (Å²) in [5.74, 6) is 0.651. The molecule has 2 aromatic rings. The molecule has 0 fully saturated rings. The zero-order chi connectivity index (χ0) is 12.3. The van der Waals surface area contributed by atoms with Crippen LogP contribution >= 0.6 is 23.2 Å². The molecular weight excluding hydrogens is 255 g/mol. The second-order valence-corrected chi connectivity index (χ2v) is 4.59. The summed E-state index contributed by atoms with van der Waals surface area (Å²) in [7, 11) is 0. The first kappa shape index (κ1) is 12.3. The maximum Gasteiger partial charge on any atom is 0.161 e. The topological polar surface area (TPSA) is 25.8 Å². The summed E-state index contributed by atoms with van der Waals surface area (Å²) < 4.78 is 0. The van der Waals surface area contributed by atoms with Gasteiger partial charge in [-0.15, -0.1) is 0 Å². The zero-order valence-corrected chi connectivity index (χ0v) is 11.0. The molecule has 0 bridgehead atoms. The minimum absolute atomic E-state index is 0.480. The van der Waals surface area contributed by atoms with Crippen LogP contribution in [0.3, 0.4) is 0 Å². The molecule has 0 aliphatic carbocycles. The molecule has 0 aliphatic heterocycles. The van der Waals surface area contributed by atoms with Gasteiger partial charge in [0.2, 0.25) is 0 Å². The van der Waals surface area contributed by atoms with E-state index in [0.29, 0.717) is 16.0 Å². The maximum absolute atomic E-state index is 5.99. The summed E-state index contributed by atoms with van der Waals surface area (Å²) in [4.78, 5) is 8.71. The summed E-state index contributed by atoms with van der Waals surface area (Å²) in [6.45, 7) is 2.11. The number of hydrogen-bond acceptors (Lipinski definition) is 2. The van der Waals surface area contributed by atoms with Crippen LogP contribution in [0.5, 0.6) is 0 Å². The summed E-state index contributed by atoms with van der Waals surface area (Å²) in [6, 6.07) is 9.24. The van der Waals surface area contributed by atoms with Crippen LogP contribution in [-0.2, 0) is 6.42 Å². The average molecular weight is 267 g/mol. The van der Waals surface area contributed by atoms with E-state index in [4.69, 9.17) is 23.2 Å². The van der Waals surface area contributed by atoms with E-state index in [9.17, 15) is 0 Å². The molecule has 4 heteroatoms. The van der Waals surface area contributed by atoms with Crippen molar-refractivity contribution in [2.45, 2.75) is 19.8 Å². The van der Waals surface area contributed by atoms with E-state index < -0.39 is 0 Å². The van der Waals surface area contributed by atoms with Gasteiger partial charge in [-0.1, -0.05) is 36.5 Å². The van der Waals surface area contributed by atoms with Gasteiger partial charge in [0, 0.05) is 16.3 Å². The van der Waals surface area contributed by atoms with Crippen LogP contribution in [0, 0.1) is 0 Å². The first-order chi connectivity index (χ1) is 8.19. The fourth-order valence-electron chi connectivity index (χ4n) is 1.58. The lowest BCUT2D eigenvalue weighted by molar-refractivity contribution is 0.875. The molecular formula is C13H12Cl2N2. The molecule has 1 aromatic heterocycles. The van der Waals surface area contributed by atoms with Crippen molar-refractivity contribution < 1.29 is 0 Å². The molecule has 88 valence electrons. The fraction of sp³-hybridized carbons (Fsp3) is 0.231. The molecule has 0 amide bonds. The number of benzene rings is 1. The number of aryl methyl sites for hydroxylation is 1. The van der Waals surface area contributed by atoms with Gasteiger partial charge >= 0.3 is 0 Å². The number of nitrogens with zero attached hydrogens (tertiary/aromatic N) is 2. The van der Waals surface area contributed by atoms with Gasteiger partial charge in [0.1, 0.15) is 5.15 Å². The van der Waals surface area contributed by atoms with E-state index in [2.05, 4.69) is 16.9 Å². The van der Waals surface area contributed by atoms with Gasteiger partial charge in [-0.05, 0) is 36.8 Å². The van der Waals surface area contributed by atoms with Gasteiger partial charge < -0.3 is 0 Å². The predicted octanol–water partition coefficient (Wildman–Crippen LogP) is 4.40. The van der Waals surface area contributed by atoms with E-state index in [1.165, 1.54) is 0 Å². The lowest BCUT2D eigenvalue weighted by Gasteiger charge is -2.04. The molecule has 0 radical (unpaired) electrons. The molecule has 17 heavy (non-hydrogen) atoms. The number of halogens is 2. The maximum atomic E-state index is 5.99. The quantitative estimate of drug-likeness (QED) is 0.770. The van der Waals surface area contributed by atoms with Crippen LogP contribution in [0.4, 0.5) is 0 Å². The first-order valence-corrected chi connectivity index (χ1v) is 6.24. The van der Waals surface area contributed by atoms with Crippen LogP contribution in [0.2, 0.25) is 10.2 Å². The van der Waals surface area contributed by atoms with Crippen molar-refractivity contribution in [3.8, 4) is 11.4 Å². The van der Waals surface area contributed by atoms with E-state index in [1.807, 2.05) is 30.3 Å². The third-order valence-corrected chi connectivity index (χ3v) is 2.80. The standard InChI is InChI=1S/C13H12Cl2N2/c1-2-3-11-8-12(15)17-13(16-11)9-4-6-10(14)7-5-9/h4-8H,2-3H2,1H3. The van der Waals surface area contributed by atoms with Crippen molar-refractivity contribution >= 4 is 23.2 Å². The summed E-state index contributed by atoms with van der Waals surface area (Å²) in [6.07, 6.45) is 1.94. The zero-order valence-electron chi connectivity index (χ0n) is 9.45. The van der Waals surface area contributed by atoms with Gasteiger partial charge in [-0.2, -0.15) is 0 Å². The number of hydrogen-bond donors (Lipinski definition) is 0. The molecule has 1 aromatic carbocycles. The van der Waals surface area contributed by atoms with Crippen LogP contribution in [0.1, 0.15) is 19.0 Å². The smallest absolute Gasteiger partial charge is 0.161 e. The fourth-order valence-corrected chi connectivity index (χ4v) is 1.91. The molecule has 0 spiro atoms. The third-order valence-electron chi connectivity index (χ3n) is 2.36. The van der Waals surface area contributed by atoms with Gasteiger partial charge in [0.25, 0.3) is 0 Å². The molecule has 0 unspecified atom stereocenters. The minimum atomic E-state index is 0.480. The Morgan fingerprint density at radius 2 is 1.76 bits per heavy atom. The van der Waals surface area contributed by atoms with E-state index in [0.717, 1.165) is 24.1 Å². The Bertz CT molecular complexity index is 509. The Morgan fingerprint density at radius 3 is 2.41 bits per heavy atom. The lowest BCUT2D eigenvalue weighted by Crippen LogP contribution is -1.95. The number of aromatic nitrogens is 2. The summed E-state index contributed by atoms with van der Waals surface area (Å²) in [5.41, 5.74) is 1.90. The van der Waals surface area contributed by atoms with Gasteiger partial charge in [-0.3, -0.25) is 0 Å². The second kappa shape index (κ2) is 5.48. The highest BCUT2D eigenvalue weighted by atomic mass is 35.5. The molecule has 0 N–H and O–H groups in total. The Labute approximate surface area is 111 Å². The minimum Gasteiger partial charge on any atom is -0.233 e. The van der Waals surface area contributed by atoms with E-state index in [1.54, 1.807) is 0 Å². The molecule has 2 nitrogen and oxygen atoms in total. The molecule has 0 atom stereocenters. The van der Waals surface area contributed by atoms with Gasteiger partial charge in [0.15, 0.2) is 5.82 Å². The number of rotatable bonds is 3. The predicted molar refractivity (Wildman–Crippen MR) is 71.5 cm³/mol.